The largest absolute Gasteiger partial charge is 0.487 e. The van der Waals surface area contributed by atoms with E-state index in [1.54, 1.807) is 6.07 Å². The first-order valence-corrected chi connectivity index (χ1v) is 8.57. The van der Waals surface area contributed by atoms with E-state index in [0.717, 1.165) is 9.87 Å². The standard InChI is InChI=1S/C15H13ClN2O4S/c16-12-6-7-13(18-9-15(19)17-23(18,20)21)14(8-12)22-10-11-4-2-1-3-5-11/h1-8H,9-10H2,(H,17,19). The van der Waals surface area contributed by atoms with Crippen molar-refractivity contribution < 1.29 is 17.9 Å². The van der Waals surface area contributed by atoms with E-state index in [2.05, 4.69) is 0 Å². The average Bonchev–Trinajstić information content (AvgIpc) is 2.79. The van der Waals surface area contributed by atoms with Gasteiger partial charge >= 0.3 is 10.2 Å². The number of benzene rings is 2. The van der Waals surface area contributed by atoms with Gasteiger partial charge in [-0.2, -0.15) is 8.42 Å². The van der Waals surface area contributed by atoms with Crippen LogP contribution in [0.4, 0.5) is 5.69 Å². The molecule has 1 aliphatic heterocycles. The number of ether oxygens (including phenoxy) is 1. The SMILES string of the molecule is O=C1CN(c2ccc(Cl)cc2OCc2ccccc2)S(=O)(=O)N1. The van der Waals surface area contributed by atoms with Crippen molar-refractivity contribution in [2.75, 3.05) is 10.8 Å². The average molecular weight is 353 g/mol. The van der Waals surface area contributed by atoms with Crippen molar-refractivity contribution >= 4 is 33.4 Å². The molecule has 1 fully saturated rings. The van der Waals surface area contributed by atoms with Crippen LogP contribution in [0.15, 0.2) is 48.5 Å². The molecule has 1 amide bonds. The van der Waals surface area contributed by atoms with Gasteiger partial charge in [0.1, 0.15) is 18.9 Å². The van der Waals surface area contributed by atoms with Gasteiger partial charge in [0.05, 0.1) is 5.69 Å². The quantitative estimate of drug-likeness (QED) is 0.914. The first kappa shape index (κ1) is 15.6. The Labute approximate surface area is 138 Å². The van der Waals surface area contributed by atoms with Crippen LogP contribution in [0, 0.1) is 0 Å². The zero-order valence-electron chi connectivity index (χ0n) is 11.9. The van der Waals surface area contributed by atoms with Gasteiger partial charge in [-0.15, -0.1) is 0 Å². The Morgan fingerprint density at radius 2 is 1.91 bits per heavy atom. The van der Waals surface area contributed by atoms with Crippen LogP contribution in [-0.2, 0) is 21.6 Å². The molecule has 2 aromatic rings. The summed E-state index contributed by atoms with van der Waals surface area (Å²) in [6, 6.07) is 14.0. The molecule has 0 atom stereocenters. The summed E-state index contributed by atoms with van der Waals surface area (Å²) in [6.07, 6.45) is 0. The number of rotatable bonds is 4. The molecular weight excluding hydrogens is 340 g/mol. The van der Waals surface area contributed by atoms with Gasteiger partial charge in [0.2, 0.25) is 0 Å². The number of amides is 1. The number of halogens is 1. The minimum atomic E-state index is -3.90. The van der Waals surface area contributed by atoms with Gasteiger partial charge in [-0.3, -0.25) is 4.79 Å². The Balaban J connectivity index is 1.91. The molecule has 1 heterocycles. The molecule has 1 aliphatic rings. The lowest BCUT2D eigenvalue weighted by Gasteiger charge is -2.19. The fraction of sp³-hybridized carbons (Fsp3) is 0.133. The van der Waals surface area contributed by atoms with E-state index in [4.69, 9.17) is 16.3 Å². The van der Waals surface area contributed by atoms with Crippen molar-refractivity contribution in [2.45, 2.75) is 6.61 Å². The van der Waals surface area contributed by atoms with Gasteiger partial charge in [0.15, 0.2) is 0 Å². The molecule has 120 valence electrons. The Bertz CT molecular complexity index is 840. The molecule has 0 aliphatic carbocycles. The fourth-order valence-electron chi connectivity index (χ4n) is 2.21. The molecule has 0 unspecified atom stereocenters. The number of nitrogens with one attached hydrogen (secondary N) is 1. The van der Waals surface area contributed by atoms with Gasteiger partial charge in [-0.25, -0.2) is 9.03 Å². The van der Waals surface area contributed by atoms with Crippen LogP contribution in [0.5, 0.6) is 5.75 Å². The van der Waals surface area contributed by atoms with Gasteiger partial charge in [-0.1, -0.05) is 41.9 Å². The molecule has 0 spiro atoms. The molecule has 0 aromatic heterocycles. The maximum Gasteiger partial charge on any atom is 0.326 e. The summed E-state index contributed by atoms with van der Waals surface area (Å²) in [7, 11) is -3.90. The van der Waals surface area contributed by atoms with E-state index in [-0.39, 0.29) is 18.8 Å². The minimum absolute atomic E-state index is 0.253. The predicted octanol–water partition coefficient (Wildman–Crippen LogP) is 2.10. The fourth-order valence-corrected chi connectivity index (χ4v) is 3.53. The summed E-state index contributed by atoms with van der Waals surface area (Å²) in [5.74, 6) is -0.296. The third-order valence-electron chi connectivity index (χ3n) is 3.25. The molecule has 0 radical (unpaired) electrons. The first-order valence-electron chi connectivity index (χ1n) is 6.75. The maximum absolute atomic E-state index is 12.0. The van der Waals surface area contributed by atoms with E-state index in [9.17, 15) is 13.2 Å². The molecule has 2 aromatic carbocycles. The van der Waals surface area contributed by atoms with Gasteiger partial charge < -0.3 is 4.74 Å². The van der Waals surface area contributed by atoms with Crippen LogP contribution in [0.3, 0.4) is 0 Å². The lowest BCUT2D eigenvalue weighted by Crippen LogP contribution is -2.29. The highest BCUT2D eigenvalue weighted by atomic mass is 35.5. The van der Waals surface area contributed by atoms with Crippen LogP contribution < -0.4 is 13.8 Å². The van der Waals surface area contributed by atoms with Gasteiger partial charge in [0.25, 0.3) is 5.91 Å². The summed E-state index contributed by atoms with van der Waals surface area (Å²) in [6.45, 7) is -0.0326. The van der Waals surface area contributed by atoms with E-state index in [1.165, 1.54) is 12.1 Å². The number of nitrogens with zero attached hydrogens (tertiary/aromatic N) is 1. The van der Waals surface area contributed by atoms with Crippen molar-refractivity contribution in [3.05, 3.63) is 59.1 Å². The van der Waals surface area contributed by atoms with Crippen molar-refractivity contribution in [1.82, 2.24) is 4.72 Å². The molecule has 8 heteroatoms. The molecule has 1 N–H and O–H groups in total. The lowest BCUT2D eigenvalue weighted by atomic mass is 10.2. The number of hydrogen-bond donors (Lipinski definition) is 1. The molecule has 0 bridgehead atoms. The third kappa shape index (κ3) is 3.40. The van der Waals surface area contributed by atoms with Crippen LogP contribution in [0.25, 0.3) is 0 Å². The van der Waals surface area contributed by atoms with Crippen molar-refractivity contribution in [1.29, 1.82) is 0 Å². The van der Waals surface area contributed by atoms with E-state index < -0.39 is 16.1 Å². The van der Waals surface area contributed by atoms with Gasteiger partial charge in [0, 0.05) is 11.1 Å². The van der Waals surface area contributed by atoms with E-state index >= 15 is 0 Å². The van der Waals surface area contributed by atoms with Crippen LogP contribution >= 0.6 is 11.6 Å². The van der Waals surface area contributed by atoms with E-state index in [1.807, 2.05) is 35.1 Å². The minimum Gasteiger partial charge on any atom is -0.487 e. The summed E-state index contributed by atoms with van der Waals surface area (Å²) < 4.78 is 32.6. The van der Waals surface area contributed by atoms with Crippen LogP contribution in [0.1, 0.15) is 5.56 Å². The monoisotopic (exact) mass is 352 g/mol. The zero-order chi connectivity index (χ0) is 16.4. The van der Waals surface area contributed by atoms with Crippen molar-refractivity contribution in [3.63, 3.8) is 0 Å². The maximum atomic E-state index is 12.0. The van der Waals surface area contributed by atoms with Crippen LogP contribution in [-0.4, -0.2) is 20.9 Å². The summed E-state index contributed by atoms with van der Waals surface area (Å²) in [4.78, 5) is 11.4. The number of carbonyl (C=O) groups excluding carboxylic acids is 1. The molecule has 0 saturated carbocycles. The van der Waals surface area contributed by atoms with Crippen molar-refractivity contribution in [2.24, 2.45) is 0 Å². The molecule has 6 nitrogen and oxygen atoms in total. The van der Waals surface area contributed by atoms with Crippen molar-refractivity contribution in [3.8, 4) is 5.75 Å². The Hall–Kier alpha value is -2.25. The predicted molar refractivity (Wildman–Crippen MR) is 86.6 cm³/mol. The summed E-state index contributed by atoms with van der Waals surface area (Å²) >= 11 is 5.97. The van der Waals surface area contributed by atoms with E-state index in [0.29, 0.717) is 10.8 Å². The number of anilines is 1. The van der Waals surface area contributed by atoms with Crippen LogP contribution in [0.2, 0.25) is 5.02 Å². The Kier molecular flexibility index (Phi) is 4.14. The highest BCUT2D eigenvalue weighted by molar-refractivity contribution is 7.92. The smallest absolute Gasteiger partial charge is 0.326 e. The van der Waals surface area contributed by atoms with Gasteiger partial charge in [-0.05, 0) is 17.7 Å². The highest BCUT2D eigenvalue weighted by Crippen LogP contribution is 2.34. The normalized spacial score (nSPS) is 16.2. The molecule has 1 saturated heterocycles. The second-order valence-electron chi connectivity index (χ2n) is 4.92. The topological polar surface area (TPSA) is 75.7 Å². The Morgan fingerprint density at radius 1 is 1.17 bits per heavy atom. The zero-order valence-corrected chi connectivity index (χ0v) is 13.5. The molecule has 23 heavy (non-hydrogen) atoms. The summed E-state index contributed by atoms with van der Waals surface area (Å²) in [5.41, 5.74) is 1.19. The second-order valence-corrected chi connectivity index (χ2v) is 6.95. The summed E-state index contributed by atoms with van der Waals surface area (Å²) in [5, 5.41) is 0.410. The third-order valence-corrected chi connectivity index (χ3v) is 4.87. The highest BCUT2D eigenvalue weighted by Gasteiger charge is 2.35. The second kappa shape index (κ2) is 6.10. The lowest BCUT2D eigenvalue weighted by molar-refractivity contribution is -0.117. The molecular formula is C15H13ClN2O4S. The molecule has 3 rings (SSSR count). The number of hydrogen-bond acceptors (Lipinski definition) is 4. The first-order chi connectivity index (χ1) is 11.0. The Morgan fingerprint density at radius 3 is 2.57 bits per heavy atom. The number of carbonyl (C=O) groups is 1.